The van der Waals surface area contributed by atoms with Crippen LogP contribution in [-0.4, -0.2) is 18.0 Å². The van der Waals surface area contributed by atoms with Gasteiger partial charge < -0.3 is 24.2 Å². The zero-order valence-electron chi connectivity index (χ0n) is 52.9. The van der Waals surface area contributed by atoms with Crippen LogP contribution in [0.25, 0.3) is 70.9 Å². The summed E-state index contributed by atoms with van der Waals surface area (Å²) in [5, 5.41) is 9.93. The van der Waals surface area contributed by atoms with Crippen molar-refractivity contribution in [2.45, 2.75) is 26.2 Å². The van der Waals surface area contributed by atoms with Crippen LogP contribution in [0.5, 0.6) is 0 Å². The molecule has 7 heteroatoms. The van der Waals surface area contributed by atoms with Crippen molar-refractivity contribution in [2.24, 2.45) is 0 Å². The topological polar surface area (TPSA) is 17.9 Å². The SMILES string of the molecule is CC(C)(C)c1cc2c3c(c1)N(c1ccccc1)c1cc4c(cc1B3c1ccccc1N2c1ccccc1)B1c2ccccc2N(c2ccccc2)c2cc(-n3c5ccc(-c6cc7ccccc7c7ccccc67)cc5c5c6ccccc6ccc53)cc(c21)N4c1ccccc1. The van der Waals surface area contributed by atoms with Gasteiger partial charge in [0.05, 0.1) is 16.7 Å². The van der Waals surface area contributed by atoms with E-state index in [0.29, 0.717) is 0 Å². The van der Waals surface area contributed by atoms with Crippen molar-refractivity contribution in [3.63, 3.8) is 0 Å². The lowest BCUT2D eigenvalue weighted by Gasteiger charge is -2.47. The van der Waals surface area contributed by atoms with E-state index in [-0.39, 0.29) is 18.8 Å². The number of para-hydroxylation sites is 6. The average Bonchev–Trinajstić information content (AvgIpc) is 0.724. The predicted octanol–water partition coefficient (Wildman–Crippen LogP) is 19.4. The number of nitrogens with zero attached hydrogens (tertiary/aromatic N) is 5. The summed E-state index contributed by atoms with van der Waals surface area (Å²) in [6, 6.07) is 119. The normalized spacial score (nSPS) is 13.5. The van der Waals surface area contributed by atoms with Gasteiger partial charge in [0.15, 0.2) is 0 Å². The molecule has 444 valence electrons. The fourth-order valence-corrected chi connectivity index (χ4v) is 16.9. The van der Waals surface area contributed by atoms with Crippen LogP contribution in [-0.2, 0) is 5.41 Å². The third-order valence-corrected chi connectivity index (χ3v) is 21.0. The molecule has 0 saturated carbocycles. The molecular weight excluding hydrogens is 1150 g/mol. The van der Waals surface area contributed by atoms with Crippen LogP contribution in [0.15, 0.2) is 315 Å². The van der Waals surface area contributed by atoms with E-state index in [1.54, 1.807) is 0 Å². The Kier molecular flexibility index (Phi) is 11.5. The zero-order valence-corrected chi connectivity index (χ0v) is 52.9. The van der Waals surface area contributed by atoms with Crippen molar-refractivity contribution in [2.75, 3.05) is 19.6 Å². The van der Waals surface area contributed by atoms with Gasteiger partial charge >= 0.3 is 0 Å². The summed E-state index contributed by atoms with van der Waals surface area (Å²) >= 11 is 0. The summed E-state index contributed by atoms with van der Waals surface area (Å²) in [4.78, 5) is 10.3. The Morgan fingerprint density at radius 2 is 0.695 bits per heavy atom. The Hall–Kier alpha value is -11.8. The second kappa shape index (κ2) is 20.4. The molecule has 1 aromatic heterocycles. The molecule has 4 aliphatic rings. The van der Waals surface area contributed by atoms with Crippen molar-refractivity contribution in [3.8, 4) is 16.8 Å². The molecule has 20 rings (SSSR count). The van der Waals surface area contributed by atoms with E-state index in [4.69, 9.17) is 0 Å². The molecule has 0 amide bonds. The Bertz CT molecular complexity index is 5880. The highest BCUT2D eigenvalue weighted by atomic mass is 15.2. The van der Waals surface area contributed by atoms with Gasteiger partial charge in [-0.25, -0.2) is 0 Å². The molecule has 0 unspecified atom stereocenters. The number of rotatable bonds is 6. The molecule has 0 bridgehead atoms. The molecule has 5 heterocycles. The van der Waals surface area contributed by atoms with Crippen LogP contribution >= 0.6 is 0 Å². The summed E-state index contributed by atoms with van der Waals surface area (Å²) in [5.41, 5.74) is 28.6. The van der Waals surface area contributed by atoms with Crippen LogP contribution < -0.4 is 52.4 Å². The molecule has 0 N–H and O–H groups in total. The number of fused-ring (bicyclic) bond motifs is 16. The average molecular weight is 1210 g/mol. The second-order valence-electron chi connectivity index (χ2n) is 27.2. The molecule has 0 spiro atoms. The molecule has 0 fully saturated rings. The molecule has 4 aliphatic heterocycles. The van der Waals surface area contributed by atoms with Crippen molar-refractivity contribution < 1.29 is 0 Å². The fraction of sp³-hybridized carbons (Fsp3) is 0.0455. The fourth-order valence-electron chi connectivity index (χ4n) is 16.9. The Labute approximate surface area is 553 Å². The van der Waals surface area contributed by atoms with Gasteiger partial charge in [0.25, 0.3) is 13.4 Å². The Balaban J connectivity index is 0.894. The van der Waals surface area contributed by atoms with Crippen molar-refractivity contribution in [3.05, 3.63) is 321 Å². The van der Waals surface area contributed by atoms with E-state index in [2.05, 4.69) is 360 Å². The first kappa shape index (κ1) is 53.8. The molecule has 0 saturated heterocycles. The summed E-state index contributed by atoms with van der Waals surface area (Å²) in [5.74, 6) is 0. The molecule has 15 aromatic carbocycles. The predicted molar refractivity (Wildman–Crippen MR) is 405 cm³/mol. The van der Waals surface area contributed by atoms with Crippen LogP contribution in [0, 0.1) is 0 Å². The van der Waals surface area contributed by atoms with E-state index >= 15 is 0 Å². The first-order valence-corrected chi connectivity index (χ1v) is 33.3. The van der Waals surface area contributed by atoms with Crippen molar-refractivity contribution in [1.29, 1.82) is 0 Å². The van der Waals surface area contributed by atoms with E-state index < -0.39 is 0 Å². The first-order valence-electron chi connectivity index (χ1n) is 33.3. The maximum Gasteiger partial charge on any atom is 0.252 e. The molecule has 0 radical (unpaired) electrons. The van der Waals surface area contributed by atoms with Gasteiger partial charge in [-0.3, -0.25) is 0 Å². The van der Waals surface area contributed by atoms with Gasteiger partial charge in [-0.2, -0.15) is 0 Å². The minimum absolute atomic E-state index is 0.0922. The highest BCUT2D eigenvalue weighted by molar-refractivity contribution is 7.03. The molecule has 16 aromatic rings. The molecular formula is C88H61B2N5. The van der Waals surface area contributed by atoms with Gasteiger partial charge in [-0.15, -0.1) is 0 Å². The Morgan fingerprint density at radius 3 is 1.23 bits per heavy atom. The first-order chi connectivity index (χ1) is 46.8. The highest BCUT2D eigenvalue weighted by Crippen LogP contribution is 2.51. The minimum Gasteiger partial charge on any atom is -0.311 e. The maximum absolute atomic E-state index is 2.65. The van der Waals surface area contributed by atoms with Crippen LogP contribution in [0.4, 0.5) is 68.2 Å². The Morgan fingerprint density at radius 1 is 0.263 bits per heavy atom. The lowest BCUT2D eigenvalue weighted by atomic mass is 9.30. The largest absolute Gasteiger partial charge is 0.311 e. The van der Waals surface area contributed by atoms with Crippen LogP contribution in [0.1, 0.15) is 26.3 Å². The number of anilines is 12. The monoisotopic (exact) mass is 1210 g/mol. The smallest absolute Gasteiger partial charge is 0.252 e. The highest BCUT2D eigenvalue weighted by Gasteiger charge is 2.49. The molecule has 0 aliphatic carbocycles. The van der Waals surface area contributed by atoms with Crippen LogP contribution in [0.2, 0.25) is 0 Å². The zero-order chi connectivity index (χ0) is 62.8. The summed E-state index contributed by atoms with van der Waals surface area (Å²) in [6.45, 7) is 6.82. The summed E-state index contributed by atoms with van der Waals surface area (Å²) in [6.07, 6.45) is 0. The third kappa shape index (κ3) is 7.87. The molecule has 0 atom stereocenters. The van der Waals surface area contributed by atoms with Crippen molar-refractivity contribution in [1.82, 2.24) is 4.57 Å². The summed E-state index contributed by atoms with van der Waals surface area (Å²) in [7, 11) is 0. The van der Waals surface area contributed by atoms with Gasteiger partial charge in [0.2, 0.25) is 0 Å². The van der Waals surface area contributed by atoms with E-state index in [1.165, 1.54) is 121 Å². The van der Waals surface area contributed by atoms with E-state index in [1.807, 2.05) is 0 Å². The van der Waals surface area contributed by atoms with Gasteiger partial charge in [0.1, 0.15) is 0 Å². The lowest BCUT2D eigenvalue weighted by Crippen LogP contribution is -2.65. The standard InChI is InChI=1S/C88H61B2N5/c1-88(2,3)59-50-81-86-82(51-59)93(62-32-12-6-13-33-62)79-55-80-74(54-73(79)89(86)71-40-22-24-42-76(71)91(81)60-28-8-4-9-29-60)90-72-41-23-25-43-77(72)92(61-30-10-5-11-31-61)83-52-64(53-84(87(83)90)94(80)63-34-14-7-15-35-63)95-75-46-45-58(49-70(75)85-66-37-19-16-26-56(66)44-47-78(85)95)69-48-57-27-17-18-36-65(57)67-38-20-21-39-68(67)69/h4-55H,1-3H3. The van der Waals surface area contributed by atoms with E-state index in [0.717, 1.165) is 56.5 Å². The van der Waals surface area contributed by atoms with Gasteiger partial charge in [-0.05, 0) is 202 Å². The quantitative estimate of drug-likeness (QED) is 0.122. The summed E-state index contributed by atoms with van der Waals surface area (Å²) < 4.78 is 2.57. The van der Waals surface area contributed by atoms with Gasteiger partial charge in [-0.1, -0.05) is 221 Å². The minimum atomic E-state index is -0.165. The van der Waals surface area contributed by atoms with Gasteiger partial charge in [0, 0.05) is 79.0 Å². The van der Waals surface area contributed by atoms with E-state index in [9.17, 15) is 0 Å². The number of hydrogen-bond donors (Lipinski definition) is 0. The third-order valence-electron chi connectivity index (χ3n) is 21.0. The van der Waals surface area contributed by atoms with Crippen molar-refractivity contribution >= 4 is 169 Å². The number of hydrogen-bond acceptors (Lipinski definition) is 4. The molecule has 95 heavy (non-hydrogen) atoms. The number of benzene rings is 15. The second-order valence-corrected chi connectivity index (χ2v) is 27.2. The maximum atomic E-state index is 2.65. The lowest BCUT2D eigenvalue weighted by molar-refractivity contribution is 0.590. The molecule has 5 nitrogen and oxygen atoms in total. The van der Waals surface area contributed by atoms with Crippen LogP contribution in [0.3, 0.4) is 0 Å². The number of aromatic nitrogens is 1.